The van der Waals surface area contributed by atoms with Gasteiger partial charge in [0.25, 0.3) is 5.91 Å². The summed E-state index contributed by atoms with van der Waals surface area (Å²) in [7, 11) is 5.91. The molecule has 2 aromatic rings. The van der Waals surface area contributed by atoms with Crippen molar-refractivity contribution in [3.05, 3.63) is 22.2 Å². The van der Waals surface area contributed by atoms with Gasteiger partial charge >= 0.3 is 0 Å². The number of aromatic nitrogens is 2. The first-order chi connectivity index (χ1) is 9.00. The van der Waals surface area contributed by atoms with Gasteiger partial charge in [0, 0.05) is 26.7 Å². The highest BCUT2D eigenvalue weighted by atomic mass is 32.1. The number of nitrogens with two attached hydrogens (primary N) is 1. The third-order valence-corrected chi connectivity index (χ3v) is 4.93. The summed E-state index contributed by atoms with van der Waals surface area (Å²) in [5, 5.41) is 5.42. The first-order valence-corrected chi connectivity index (χ1v) is 6.96. The van der Waals surface area contributed by atoms with E-state index in [1.807, 2.05) is 36.9 Å². The smallest absolute Gasteiger partial charge is 0.259 e. The fourth-order valence-corrected chi connectivity index (χ4v) is 3.82. The van der Waals surface area contributed by atoms with Crippen molar-refractivity contribution < 1.29 is 4.79 Å². The van der Waals surface area contributed by atoms with Crippen LogP contribution in [0, 0.1) is 0 Å². The predicted molar refractivity (Wildman–Crippen MR) is 76.8 cm³/mol. The molecule has 0 unspecified atom stereocenters. The number of hydrogen-bond donors (Lipinski definition) is 1. The molecule has 2 aromatic heterocycles. The van der Waals surface area contributed by atoms with Crippen molar-refractivity contribution in [1.82, 2.24) is 9.78 Å². The molecular weight excluding hydrogens is 260 g/mol. The molecule has 0 aromatic carbocycles. The average Bonchev–Trinajstić information content (AvgIpc) is 2.89. The average molecular weight is 276 g/mol. The zero-order valence-corrected chi connectivity index (χ0v) is 12.0. The lowest BCUT2D eigenvalue weighted by Crippen LogP contribution is -2.14. The number of fused-ring (bicyclic) bond motifs is 3. The Morgan fingerprint density at radius 2 is 2.21 bits per heavy atom. The second-order valence-corrected chi connectivity index (χ2v) is 5.99. The molecule has 0 aliphatic heterocycles. The largest absolute Gasteiger partial charge is 0.369 e. The van der Waals surface area contributed by atoms with Gasteiger partial charge in [-0.2, -0.15) is 5.10 Å². The summed E-state index contributed by atoms with van der Waals surface area (Å²) in [6.07, 6.45) is 3.69. The zero-order chi connectivity index (χ0) is 13.7. The molecule has 6 heteroatoms. The predicted octanol–water partition coefficient (Wildman–Crippen LogP) is 1.41. The van der Waals surface area contributed by atoms with E-state index in [1.165, 1.54) is 16.9 Å². The third kappa shape index (κ3) is 1.67. The Labute approximate surface area is 115 Å². The topological polar surface area (TPSA) is 64.2 Å². The van der Waals surface area contributed by atoms with Crippen molar-refractivity contribution in [2.45, 2.75) is 12.8 Å². The van der Waals surface area contributed by atoms with Gasteiger partial charge in [-0.1, -0.05) is 0 Å². The number of nitrogens with zero attached hydrogens (tertiary/aromatic N) is 3. The Kier molecular flexibility index (Phi) is 2.63. The summed E-state index contributed by atoms with van der Waals surface area (Å²) in [6, 6.07) is 0. The highest BCUT2D eigenvalue weighted by molar-refractivity contribution is 7.18. The van der Waals surface area contributed by atoms with Gasteiger partial charge in [-0.15, -0.1) is 11.3 Å². The molecule has 3 rings (SSSR count). The Bertz CT molecular complexity index is 668. The Balaban J connectivity index is 2.34. The molecule has 2 heterocycles. The summed E-state index contributed by atoms with van der Waals surface area (Å²) in [4.78, 5) is 14.4. The number of carbonyl (C=O) groups is 1. The molecular formula is C13H16N4OS. The van der Waals surface area contributed by atoms with Crippen molar-refractivity contribution in [3.63, 3.8) is 0 Å². The molecule has 100 valence electrons. The van der Waals surface area contributed by atoms with Crippen molar-refractivity contribution in [3.8, 4) is 11.3 Å². The van der Waals surface area contributed by atoms with Crippen LogP contribution in [0.2, 0.25) is 0 Å². The molecule has 1 aliphatic rings. The lowest BCUT2D eigenvalue weighted by molar-refractivity contribution is 0.100. The first kappa shape index (κ1) is 12.2. The third-order valence-electron chi connectivity index (χ3n) is 3.51. The summed E-state index contributed by atoms with van der Waals surface area (Å²) in [6.45, 7) is 0. The minimum atomic E-state index is -0.333. The van der Waals surface area contributed by atoms with Crippen LogP contribution >= 0.6 is 11.3 Å². The lowest BCUT2D eigenvalue weighted by Gasteiger charge is -2.19. The number of rotatable bonds is 2. The highest BCUT2D eigenvalue weighted by Crippen LogP contribution is 2.46. The quantitative estimate of drug-likeness (QED) is 0.902. The minimum Gasteiger partial charge on any atom is -0.369 e. The van der Waals surface area contributed by atoms with E-state index in [9.17, 15) is 4.79 Å². The molecule has 0 radical (unpaired) electrons. The molecule has 0 fully saturated rings. The van der Waals surface area contributed by atoms with Crippen LogP contribution in [-0.2, 0) is 19.9 Å². The van der Waals surface area contributed by atoms with Gasteiger partial charge in [0.05, 0.1) is 16.8 Å². The first-order valence-electron chi connectivity index (χ1n) is 6.14. The van der Waals surface area contributed by atoms with Crippen LogP contribution in [0.1, 0.15) is 20.8 Å². The number of thiophene rings is 1. The second kappa shape index (κ2) is 4.09. The standard InChI is InChI=1S/C13H16N4OS/c1-16(2)13-9-8(11(19-13)12(14)18)5-4-7-6-15-17(3)10(7)9/h6H,4-5H2,1-3H3,(H2,14,18). The molecule has 0 spiro atoms. The molecule has 2 N–H and O–H groups in total. The summed E-state index contributed by atoms with van der Waals surface area (Å²) in [5.74, 6) is -0.333. The van der Waals surface area contributed by atoms with Crippen molar-refractivity contribution in [2.75, 3.05) is 19.0 Å². The van der Waals surface area contributed by atoms with Crippen molar-refractivity contribution >= 4 is 22.2 Å². The number of primary amides is 1. The zero-order valence-electron chi connectivity index (χ0n) is 11.2. The van der Waals surface area contributed by atoms with E-state index in [2.05, 4.69) is 5.10 Å². The van der Waals surface area contributed by atoms with Crippen LogP contribution in [0.3, 0.4) is 0 Å². The molecule has 19 heavy (non-hydrogen) atoms. The SMILES string of the molecule is CN(C)c1sc(C(N)=O)c2c1-c1c(cnn1C)CC2. The van der Waals surface area contributed by atoms with E-state index >= 15 is 0 Å². The molecule has 1 amide bonds. The van der Waals surface area contributed by atoms with Crippen LogP contribution in [0.4, 0.5) is 5.00 Å². The van der Waals surface area contributed by atoms with E-state index in [1.54, 1.807) is 0 Å². The van der Waals surface area contributed by atoms with Crippen LogP contribution in [-0.4, -0.2) is 29.8 Å². The van der Waals surface area contributed by atoms with E-state index in [0.717, 1.165) is 34.7 Å². The number of aryl methyl sites for hydroxylation is 2. The Morgan fingerprint density at radius 1 is 1.47 bits per heavy atom. The lowest BCUT2D eigenvalue weighted by atomic mass is 9.91. The normalized spacial score (nSPS) is 13.0. The van der Waals surface area contributed by atoms with E-state index in [-0.39, 0.29) is 5.91 Å². The van der Waals surface area contributed by atoms with Gasteiger partial charge in [0.1, 0.15) is 5.00 Å². The molecule has 0 atom stereocenters. The number of anilines is 1. The molecule has 0 saturated carbocycles. The van der Waals surface area contributed by atoms with Crippen LogP contribution in [0.25, 0.3) is 11.3 Å². The number of hydrogen-bond acceptors (Lipinski definition) is 4. The van der Waals surface area contributed by atoms with Gasteiger partial charge in [-0.3, -0.25) is 9.48 Å². The highest BCUT2D eigenvalue weighted by Gasteiger charge is 2.30. The Morgan fingerprint density at radius 3 is 2.84 bits per heavy atom. The fourth-order valence-electron chi connectivity index (χ4n) is 2.70. The van der Waals surface area contributed by atoms with E-state index in [0.29, 0.717) is 4.88 Å². The van der Waals surface area contributed by atoms with E-state index < -0.39 is 0 Å². The molecule has 5 nitrogen and oxygen atoms in total. The summed E-state index contributed by atoms with van der Waals surface area (Å²) < 4.78 is 1.89. The van der Waals surface area contributed by atoms with Crippen LogP contribution in [0.15, 0.2) is 6.20 Å². The number of amides is 1. The van der Waals surface area contributed by atoms with Crippen molar-refractivity contribution in [1.29, 1.82) is 0 Å². The fraction of sp³-hybridized carbons (Fsp3) is 0.385. The number of carbonyl (C=O) groups excluding carboxylic acids is 1. The maximum Gasteiger partial charge on any atom is 0.259 e. The second-order valence-electron chi connectivity index (χ2n) is 4.99. The van der Waals surface area contributed by atoms with Gasteiger partial charge in [-0.25, -0.2) is 0 Å². The summed E-state index contributed by atoms with van der Waals surface area (Å²) in [5.41, 5.74) is 10.1. The van der Waals surface area contributed by atoms with E-state index in [4.69, 9.17) is 5.73 Å². The molecule has 0 saturated heterocycles. The van der Waals surface area contributed by atoms with Gasteiger partial charge < -0.3 is 10.6 Å². The van der Waals surface area contributed by atoms with Gasteiger partial charge in [0.15, 0.2) is 0 Å². The van der Waals surface area contributed by atoms with Crippen LogP contribution < -0.4 is 10.6 Å². The Hall–Kier alpha value is -1.82. The molecule has 1 aliphatic carbocycles. The summed E-state index contributed by atoms with van der Waals surface area (Å²) >= 11 is 1.48. The van der Waals surface area contributed by atoms with Crippen LogP contribution in [0.5, 0.6) is 0 Å². The molecule has 0 bridgehead atoms. The van der Waals surface area contributed by atoms with Gasteiger partial charge in [-0.05, 0) is 24.0 Å². The maximum absolute atomic E-state index is 11.6. The minimum absolute atomic E-state index is 0.333. The monoisotopic (exact) mass is 276 g/mol. The van der Waals surface area contributed by atoms with Crippen molar-refractivity contribution in [2.24, 2.45) is 12.8 Å². The van der Waals surface area contributed by atoms with Gasteiger partial charge in [0.2, 0.25) is 0 Å². The maximum atomic E-state index is 11.6.